The van der Waals surface area contributed by atoms with E-state index in [9.17, 15) is 9.59 Å². The van der Waals surface area contributed by atoms with Gasteiger partial charge in [0, 0.05) is 6.04 Å². The fourth-order valence-corrected chi connectivity index (χ4v) is 7.65. The fraction of sp³-hybridized carbons (Fsp3) is 0.500. The van der Waals surface area contributed by atoms with Crippen LogP contribution in [0.4, 0.5) is 0 Å². The number of carbonyl (C=O) groups is 2. The van der Waals surface area contributed by atoms with Crippen molar-refractivity contribution in [1.29, 1.82) is 0 Å². The maximum atomic E-state index is 13.1. The van der Waals surface area contributed by atoms with Crippen molar-refractivity contribution in [3.05, 3.63) is 71.8 Å². The lowest BCUT2D eigenvalue weighted by atomic mass is 9.69. The van der Waals surface area contributed by atoms with E-state index in [-0.39, 0.29) is 24.0 Å². The third-order valence-corrected chi connectivity index (χ3v) is 8.62. The van der Waals surface area contributed by atoms with Crippen molar-refractivity contribution in [2.45, 2.75) is 63.4 Å². The maximum absolute atomic E-state index is 13.1. The monoisotopic (exact) mass is 445 g/mol. The molecule has 4 bridgehead atoms. The molecule has 172 valence electrons. The van der Waals surface area contributed by atoms with Gasteiger partial charge in [-0.2, -0.15) is 0 Å². The first-order valence-corrected chi connectivity index (χ1v) is 12.3. The van der Waals surface area contributed by atoms with Crippen molar-refractivity contribution >= 4 is 11.9 Å². The Balaban J connectivity index is 1.35. The summed E-state index contributed by atoms with van der Waals surface area (Å²) in [5, 5.41) is 0. The highest BCUT2D eigenvalue weighted by molar-refractivity contribution is 5.90. The summed E-state index contributed by atoms with van der Waals surface area (Å²) in [6.45, 7) is 4.42. The van der Waals surface area contributed by atoms with Crippen LogP contribution in [0.25, 0.3) is 0 Å². The van der Waals surface area contributed by atoms with Gasteiger partial charge in [-0.25, -0.2) is 9.59 Å². The molecule has 6 rings (SSSR count). The Morgan fingerprint density at radius 1 is 0.758 bits per heavy atom. The number of esters is 2. The summed E-state index contributed by atoms with van der Waals surface area (Å²) in [6.07, 6.45) is 2.92. The zero-order valence-corrected chi connectivity index (χ0v) is 19.2. The van der Waals surface area contributed by atoms with Crippen LogP contribution in [0, 0.1) is 23.7 Å². The molecule has 0 spiro atoms. The summed E-state index contributed by atoms with van der Waals surface area (Å²) in [5.74, 6) is 1.77. The molecule has 2 saturated heterocycles. The lowest BCUT2D eigenvalue weighted by molar-refractivity contribution is -0.0635. The van der Waals surface area contributed by atoms with Gasteiger partial charge in [0.1, 0.15) is 0 Å². The van der Waals surface area contributed by atoms with E-state index >= 15 is 0 Å². The van der Waals surface area contributed by atoms with Gasteiger partial charge in [-0.05, 0) is 81.0 Å². The number of hydrogen-bond acceptors (Lipinski definition) is 5. The molecule has 0 N–H and O–H groups in total. The molecular formula is C28H31NO4. The van der Waals surface area contributed by atoms with E-state index in [1.807, 2.05) is 36.4 Å². The predicted octanol–water partition coefficient (Wildman–Crippen LogP) is 4.57. The second-order valence-electron chi connectivity index (χ2n) is 10.5. The first kappa shape index (κ1) is 20.9. The minimum atomic E-state index is -0.446. The van der Waals surface area contributed by atoms with Crippen LogP contribution in [0.2, 0.25) is 0 Å². The lowest BCUT2D eigenvalue weighted by Crippen LogP contribution is -2.52. The molecule has 4 fully saturated rings. The van der Waals surface area contributed by atoms with Gasteiger partial charge in [0.25, 0.3) is 0 Å². The molecule has 2 aliphatic carbocycles. The Bertz CT molecular complexity index is 959. The van der Waals surface area contributed by atoms with E-state index in [0.29, 0.717) is 40.8 Å². The SMILES string of the molecule is CC(C)N1C2C(OC(=O)c3ccccc3)C(OC(=O)c3ccccc3)C1C1C3CCC(C3)C12. The van der Waals surface area contributed by atoms with Gasteiger partial charge in [0.2, 0.25) is 0 Å². The number of ether oxygens (including phenoxy) is 2. The van der Waals surface area contributed by atoms with Crippen molar-refractivity contribution in [1.82, 2.24) is 4.90 Å². The molecule has 2 aliphatic heterocycles. The third-order valence-electron chi connectivity index (χ3n) is 8.62. The van der Waals surface area contributed by atoms with E-state index in [1.54, 1.807) is 24.3 Å². The van der Waals surface area contributed by atoms with E-state index in [0.717, 1.165) is 0 Å². The fourth-order valence-electron chi connectivity index (χ4n) is 7.65. The minimum Gasteiger partial charge on any atom is -0.453 e. The van der Waals surface area contributed by atoms with Gasteiger partial charge in [-0.3, -0.25) is 4.90 Å². The Morgan fingerprint density at radius 2 is 1.18 bits per heavy atom. The van der Waals surface area contributed by atoms with E-state index < -0.39 is 12.2 Å². The molecule has 0 radical (unpaired) electrons. The van der Waals surface area contributed by atoms with Gasteiger partial charge < -0.3 is 9.47 Å². The zero-order chi connectivity index (χ0) is 22.7. The molecule has 2 aromatic rings. The summed E-state index contributed by atoms with van der Waals surface area (Å²) in [7, 11) is 0. The molecule has 2 saturated carbocycles. The van der Waals surface area contributed by atoms with Gasteiger partial charge in [0.15, 0.2) is 12.2 Å². The number of rotatable bonds is 5. The molecule has 4 aliphatic rings. The number of fused-ring (bicyclic) bond motifs is 9. The maximum Gasteiger partial charge on any atom is 0.338 e. The molecule has 5 nitrogen and oxygen atoms in total. The molecule has 2 aromatic carbocycles. The summed E-state index contributed by atoms with van der Waals surface area (Å²) in [5.41, 5.74) is 1.07. The summed E-state index contributed by atoms with van der Waals surface area (Å²) >= 11 is 0. The highest BCUT2D eigenvalue weighted by Crippen LogP contribution is 2.64. The van der Waals surface area contributed by atoms with E-state index in [2.05, 4.69) is 18.7 Å². The van der Waals surface area contributed by atoms with Gasteiger partial charge >= 0.3 is 11.9 Å². The molecule has 33 heavy (non-hydrogen) atoms. The van der Waals surface area contributed by atoms with Gasteiger partial charge in [-0.1, -0.05) is 36.4 Å². The van der Waals surface area contributed by atoms with Crippen LogP contribution < -0.4 is 0 Å². The number of benzene rings is 2. The highest BCUT2D eigenvalue weighted by atomic mass is 16.6. The minimum absolute atomic E-state index is 0.108. The topological polar surface area (TPSA) is 55.8 Å². The standard InChI is InChI=1S/C28H31NO4/c1-16(2)29-23-21-19-13-14-20(15-19)22(21)24(29)26(33-28(31)18-11-7-4-8-12-18)25(23)32-27(30)17-9-5-3-6-10-17/h3-12,16,19-26H,13-15H2,1-2H3. The normalized spacial score (nSPS) is 36.2. The quantitative estimate of drug-likeness (QED) is 0.631. The highest BCUT2D eigenvalue weighted by Gasteiger charge is 2.71. The Morgan fingerprint density at radius 3 is 1.58 bits per heavy atom. The third kappa shape index (κ3) is 3.23. The van der Waals surface area contributed by atoms with E-state index in [4.69, 9.17) is 9.47 Å². The first-order chi connectivity index (χ1) is 16.0. The molecule has 0 amide bonds. The summed E-state index contributed by atoms with van der Waals surface area (Å²) < 4.78 is 12.4. The number of nitrogens with zero attached hydrogens (tertiary/aromatic N) is 1. The first-order valence-electron chi connectivity index (χ1n) is 12.3. The second kappa shape index (κ2) is 7.98. The Labute approximate surface area is 195 Å². The van der Waals surface area contributed by atoms with Crippen LogP contribution in [0.15, 0.2) is 60.7 Å². The average Bonchev–Trinajstić information content (AvgIpc) is 3.59. The van der Waals surface area contributed by atoms with Crippen molar-refractivity contribution in [3.8, 4) is 0 Å². The molecule has 5 heteroatoms. The molecule has 8 atom stereocenters. The van der Waals surface area contributed by atoms with Gasteiger partial charge in [0.05, 0.1) is 23.2 Å². The van der Waals surface area contributed by atoms with Gasteiger partial charge in [-0.15, -0.1) is 0 Å². The Hall–Kier alpha value is -2.66. The van der Waals surface area contributed by atoms with Crippen molar-refractivity contribution < 1.29 is 19.1 Å². The predicted molar refractivity (Wildman–Crippen MR) is 124 cm³/mol. The summed E-state index contributed by atoms with van der Waals surface area (Å²) in [4.78, 5) is 28.8. The lowest BCUT2D eigenvalue weighted by Gasteiger charge is -2.40. The molecule has 0 aromatic heterocycles. The second-order valence-corrected chi connectivity index (χ2v) is 10.5. The van der Waals surface area contributed by atoms with Crippen molar-refractivity contribution in [2.24, 2.45) is 23.7 Å². The van der Waals surface area contributed by atoms with Crippen LogP contribution in [-0.2, 0) is 9.47 Å². The van der Waals surface area contributed by atoms with Crippen LogP contribution in [0.3, 0.4) is 0 Å². The zero-order valence-electron chi connectivity index (χ0n) is 19.2. The molecule has 2 heterocycles. The molecule has 8 unspecified atom stereocenters. The Kier molecular flexibility index (Phi) is 5.06. The van der Waals surface area contributed by atoms with Crippen molar-refractivity contribution in [2.75, 3.05) is 0 Å². The van der Waals surface area contributed by atoms with E-state index in [1.165, 1.54) is 19.3 Å². The van der Waals surface area contributed by atoms with Crippen molar-refractivity contribution in [3.63, 3.8) is 0 Å². The molecular weight excluding hydrogens is 414 g/mol. The average molecular weight is 446 g/mol. The van der Waals surface area contributed by atoms with Crippen LogP contribution in [0.1, 0.15) is 53.8 Å². The van der Waals surface area contributed by atoms with Crippen LogP contribution >= 0.6 is 0 Å². The van der Waals surface area contributed by atoms with Crippen LogP contribution in [-0.4, -0.2) is 47.2 Å². The largest absolute Gasteiger partial charge is 0.453 e. The summed E-state index contributed by atoms with van der Waals surface area (Å²) in [6, 6.07) is 18.8. The smallest absolute Gasteiger partial charge is 0.338 e. The number of hydrogen-bond donors (Lipinski definition) is 0. The van der Waals surface area contributed by atoms with Crippen LogP contribution in [0.5, 0.6) is 0 Å². The number of carbonyl (C=O) groups excluding carboxylic acids is 2.